The van der Waals surface area contributed by atoms with E-state index in [0.717, 1.165) is 77.0 Å². The summed E-state index contributed by atoms with van der Waals surface area (Å²) in [6.07, 6.45) is 12.5. The van der Waals surface area contributed by atoms with E-state index in [1.165, 1.54) is 260 Å². The number of fused-ring (bicyclic) bond motifs is 17. The molecule has 672 valence electrons. The summed E-state index contributed by atoms with van der Waals surface area (Å²) in [5.74, 6) is 0. The van der Waals surface area contributed by atoms with E-state index in [2.05, 4.69) is 442 Å². The maximum absolute atomic E-state index is 2.53. The SMILES string of the molecule is Cc1cc2ccc1CCc1ccc(cc1-c1ccc3c4c1Cc1ccccc1B4c1ccccc1C3)CC2.Cc1cccc2c1C1(C)c3ccccc3C2(C)c2cccc(-c3ccc4c5c3Cc3ccccc3B5c3ccccc3C4)c21.Cc1cccc2cccc(-c3ccc4c5c3Cc3ccccc3B5c3ccccc3C4)c12.Cc1ccccc1-c1ccc2c3c1Cc1ccccc1B3c1ccccc1C2. The third-order valence-corrected chi connectivity index (χ3v) is 35.7. The minimum absolute atomic E-state index is 0.194. The molecule has 6 bridgehead atoms. The summed E-state index contributed by atoms with van der Waals surface area (Å²) >= 11 is 0. The van der Waals surface area contributed by atoms with E-state index >= 15 is 0 Å². The molecule has 0 aromatic heterocycles. The van der Waals surface area contributed by atoms with Gasteiger partial charge in [-0.1, -0.05) is 466 Å². The molecule has 8 aliphatic heterocycles. The van der Waals surface area contributed by atoms with Gasteiger partial charge in [0.2, 0.25) is 26.9 Å². The van der Waals surface area contributed by atoms with E-state index in [1.807, 2.05) is 0 Å². The van der Waals surface area contributed by atoms with Crippen LogP contribution < -0.4 is 65.6 Å². The van der Waals surface area contributed by atoms with Crippen LogP contribution >= 0.6 is 0 Å². The van der Waals surface area contributed by atoms with Crippen molar-refractivity contribution in [2.24, 2.45) is 0 Å². The predicted molar refractivity (Wildman–Crippen MR) is 602 cm³/mol. The Morgan fingerprint density at radius 3 is 0.930 bits per heavy atom. The maximum atomic E-state index is 2.53. The highest BCUT2D eigenvalue weighted by atomic mass is 14.6. The number of rotatable bonds is 4. The van der Waals surface area contributed by atoms with Crippen LogP contribution in [0.25, 0.3) is 55.3 Å². The van der Waals surface area contributed by atoms with Crippen LogP contribution in [0, 0.1) is 27.7 Å². The van der Waals surface area contributed by atoms with Gasteiger partial charge in [0.05, 0.1) is 0 Å². The molecule has 15 aliphatic rings. The van der Waals surface area contributed by atoms with Crippen molar-refractivity contribution in [1.82, 2.24) is 0 Å². The van der Waals surface area contributed by atoms with Gasteiger partial charge in [0.15, 0.2) is 0 Å². The third kappa shape index (κ3) is 13.1. The molecule has 0 saturated carbocycles. The van der Waals surface area contributed by atoms with Gasteiger partial charge in [-0.15, -0.1) is 0 Å². The average molecular weight is 1810 g/mol. The van der Waals surface area contributed by atoms with Crippen molar-refractivity contribution < 1.29 is 0 Å². The Hall–Kier alpha value is -15.1. The standard InChI is InChI=1S/C43H33B.C37H31B.C31H23B.C27H21B/c1-26-12-10-18-35-39(26)43(3)34-17-7-6-16-33(34)42(35,2)36-19-11-15-31(40(36)43)30-23-22-29-24-27-13-4-8-20-37(27)44-38-21-9-5-14-28(38)25-32(30)41(29)44;1-24-20-25-10-11-26-13-15-28(17-16-27(24)14-12-25)33(21-26)32-19-18-31-22-29-6-2-4-8-35(29)38-36-9-5-3-7-30(36)23-34(32)37(31)38;1-20-8-6-11-21-12-7-13-26(30(20)21)25-17-16-24-18-22-9-2-4-14-28(22)32-29-15-5-3-10-23(29)19-27(25)31(24)32;1-18-8-2-5-11-22(18)23-15-14-21-16-19-9-3-6-12-25(19)28-26-13-7-4-10-20(26)17-24(23)27(21)28/h4-23H,24-25H2,1-3H3;2-9,12-15,18-21H,10-11,16-17,22-23H2,1H3;2-17H,18-19H2,1H3;2-15H,16-17H2,1H3. The number of benzene rings is 20. The Kier molecular flexibility index (Phi) is 19.9. The van der Waals surface area contributed by atoms with Gasteiger partial charge in [-0.3, -0.25) is 0 Å². The van der Waals surface area contributed by atoms with Gasteiger partial charge in [-0.25, -0.2) is 0 Å². The van der Waals surface area contributed by atoms with E-state index < -0.39 is 0 Å². The van der Waals surface area contributed by atoms with Crippen molar-refractivity contribution in [3.63, 3.8) is 0 Å². The Labute approximate surface area is 838 Å². The van der Waals surface area contributed by atoms with Gasteiger partial charge in [0.25, 0.3) is 0 Å². The van der Waals surface area contributed by atoms with Crippen molar-refractivity contribution in [2.75, 3.05) is 0 Å². The fourth-order valence-corrected chi connectivity index (χ4v) is 29.3. The summed E-state index contributed by atoms with van der Waals surface area (Å²) in [5, 5.41) is 2.71. The normalized spacial score (nSPS) is 16.2. The second-order valence-corrected chi connectivity index (χ2v) is 43.0. The zero-order valence-electron chi connectivity index (χ0n) is 81.9. The lowest BCUT2D eigenvalue weighted by Crippen LogP contribution is -2.61. The van der Waals surface area contributed by atoms with Crippen LogP contribution in [0.1, 0.15) is 181 Å². The van der Waals surface area contributed by atoms with Crippen molar-refractivity contribution in [2.45, 2.75) is 129 Å². The van der Waals surface area contributed by atoms with Crippen molar-refractivity contribution in [3.8, 4) is 44.5 Å². The van der Waals surface area contributed by atoms with E-state index in [9.17, 15) is 0 Å². The molecule has 142 heavy (non-hydrogen) atoms. The second kappa shape index (κ2) is 33.3. The first-order chi connectivity index (χ1) is 69.8. The van der Waals surface area contributed by atoms with Crippen LogP contribution in [0.3, 0.4) is 0 Å². The van der Waals surface area contributed by atoms with E-state index in [4.69, 9.17) is 0 Å². The third-order valence-electron chi connectivity index (χ3n) is 35.7. The van der Waals surface area contributed by atoms with Crippen LogP contribution in [-0.4, -0.2) is 26.9 Å². The van der Waals surface area contributed by atoms with Crippen molar-refractivity contribution >= 4 is 103 Å². The fraction of sp³-hybridized carbons (Fsp3) is 0.145. The number of hydrogen-bond acceptors (Lipinski definition) is 0. The molecule has 0 radical (unpaired) electrons. The molecule has 35 rings (SSSR count). The average Bonchev–Trinajstić information content (AvgIpc) is 0.653. The lowest BCUT2D eigenvalue weighted by atomic mass is 9.30. The molecule has 0 fully saturated rings. The minimum atomic E-state index is -0.234. The highest BCUT2D eigenvalue weighted by molar-refractivity contribution is 6.99. The first-order valence-electron chi connectivity index (χ1n) is 52.2. The van der Waals surface area contributed by atoms with Gasteiger partial charge >= 0.3 is 0 Å². The summed E-state index contributed by atoms with van der Waals surface area (Å²) in [6.45, 7) is 15.4. The summed E-state index contributed by atoms with van der Waals surface area (Å²) < 4.78 is 0. The van der Waals surface area contributed by atoms with Gasteiger partial charge in [0, 0.05) is 10.8 Å². The quantitative estimate of drug-likeness (QED) is 0.154. The summed E-state index contributed by atoms with van der Waals surface area (Å²) in [7, 11) is 0. The first-order valence-corrected chi connectivity index (χ1v) is 52.2. The molecule has 0 spiro atoms. The summed E-state index contributed by atoms with van der Waals surface area (Å²) in [5.41, 5.74) is 73.4. The van der Waals surface area contributed by atoms with Crippen molar-refractivity contribution in [1.29, 1.82) is 0 Å². The number of aryl methyl sites for hydroxylation is 8. The fourth-order valence-electron chi connectivity index (χ4n) is 29.3. The molecule has 4 heteroatoms. The molecule has 7 aliphatic carbocycles. The summed E-state index contributed by atoms with van der Waals surface area (Å²) in [4.78, 5) is 0. The van der Waals surface area contributed by atoms with E-state index in [-0.39, 0.29) is 10.8 Å². The molecule has 2 atom stereocenters. The van der Waals surface area contributed by atoms with Gasteiger partial charge in [0.1, 0.15) is 0 Å². The van der Waals surface area contributed by atoms with Crippen LogP contribution in [0.5, 0.6) is 0 Å². The predicted octanol–water partition coefficient (Wildman–Crippen LogP) is 22.3. The maximum Gasteiger partial charge on any atom is 0.242 e. The second-order valence-electron chi connectivity index (χ2n) is 43.0. The van der Waals surface area contributed by atoms with Crippen LogP contribution in [-0.2, 0) is 87.9 Å². The van der Waals surface area contributed by atoms with Crippen LogP contribution in [0.15, 0.2) is 400 Å². The zero-order chi connectivity index (χ0) is 94.5. The molecule has 2 unspecified atom stereocenters. The van der Waals surface area contributed by atoms with E-state index in [1.54, 1.807) is 27.4 Å². The van der Waals surface area contributed by atoms with Crippen LogP contribution in [0.4, 0.5) is 0 Å². The number of hydrogen-bond donors (Lipinski definition) is 0. The van der Waals surface area contributed by atoms with E-state index in [0.29, 0.717) is 26.9 Å². The molecule has 0 saturated heterocycles. The Morgan fingerprint density at radius 2 is 0.486 bits per heavy atom. The molecular weight excluding hydrogens is 1700 g/mol. The largest absolute Gasteiger partial charge is 0.242 e. The highest BCUT2D eigenvalue weighted by Crippen LogP contribution is 2.64. The molecule has 8 heterocycles. The molecular formula is C138H108B4. The molecule has 0 nitrogen and oxygen atoms in total. The molecule has 20 aromatic rings. The van der Waals surface area contributed by atoms with Gasteiger partial charge in [-0.2, -0.15) is 0 Å². The lowest BCUT2D eigenvalue weighted by Gasteiger charge is -2.55. The summed E-state index contributed by atoms with van der Waals surface area (Å²) in [6, 6.07) is 152. The van der Waals surface area contributed by atoms with Gasteiger partial charge in [-0.05, 0) is 341 Å². The monoisotopic (exact) mass is 1810 g/mol. The first kappa shape index (κ1) is 84.9. The molecule has 0 amide bonds. The van der Waals surface area contributed by atoms with Crippen LogP contribution in [0.2, 0.25) is 0 Å². The Balaban J connectivity index is 0.0000000937. The highest BCUT2D eigenvalue weighted by Gasteiger charge is 2.57. The smallest absolute Gasteiger partial charge is 0.0667 e. The zero-order valence-corrected chi connectivity index (χ0v) is 81.9. The molecule has 0 N–H and O–H groups in total. The minimum Gasteiger partial charge on any atom is -0.0667 e. The van der Waals surface area contributed by atoms with Crippen molar-refractivity contribution in [3.05, 3.63) is 567 Å². The lowest BCUT2D eigenvalue weighted by molar-refractivity contribution is 0.510. The Morgan fingerprint density at radius 1 is 0.183 bits per heavy atom. The van der Waals surface area contributed by atoms with Gasteiger partial charge < -0.3 is 0 Å². The Bertz CT molecular complexity index is 8700. The topological polar surface area (TPSA) is 0 Å². The molecule has 20 aromatic carbocycles.